The fraction of sp³-hybridized carbons (Fsp3) is 0.348. The Balaban J connectivity index is 1.98. The number of carboxylic acid groups (broad SMARTS) is 1. The molecule has 192 valence electrons. The highest BCUT2D eigenvalue weighted by molar-refractivity contribution is 6.31. The molecule has 5 atom stereocenters. The summed E-state index contributed by atoms with van der Waals surface area (Å²) >= 11 is 0. The largest absolute Gasteiger partial charge is 0.507 e. The standard InChI is InChI=1S/C23H22O13/c1-5-9-6(3-7(25)10(5)23(33)34)14(26)11-12(16(9)28)17(29)13(19(31)18(11)30)21-20(32)22(35-2)15(27)8(4-24)36-21/h3,8,15,20-22,24-25,27,29-32H,4H2,1-2H3,(H,33,34)/t8-,15-,20+,21?,22+/m1/s1. The Morgan fingerprint density at radius 1 is 0.972 bits per heavy atom. The zero-order valence-electron chi connectivity index (χ0n) is 18.8. The van der Waals surface area contributed by atoms with Crippen molar-refractivity contribution in [3.8, 4) is 23.0 Å². The lowest BCUT2D eigenvalue weighted by molar-refractivity contribution is -0.238. The van der Waals surface area contributed by atoms with Crippen molar-refractivity contribution in [2.75, 3.05) is 13.7 Å². The number of hydrogen-bond acceptors (Lipinski definition) is 12. The number of ether oxygens (including phenoxy) is 2. The molecule has 1 heterocycles. The second-order valence-electron chi connectivity index (χ2n) is 8.45. The molecule has 0 amide bonds. The SMILES string of the molecule is CO[C@H]1[C@H](O)[C@@H](CO)OC(c2c(O)c(O)c3c(c2O)C(=O)c2c(cc(O)c(C(=O)O)c2C)C3=O)[C@@H]1O. The molecule has 1 unspecified atom stereocenters. The minimum atomic E-state index is -1.79. The molecular formula is C23H22O13. The number of aromatic carboxylic acids is 1. The number of carboxylic acids is 1. The van der Waals surface area contributed by atoms with Gasteiger partial charge < -0.3 is 50.3 Å². The van der Waals surface area contributed by atoms with Crippen LogP contribution in [-0.4, -0.2) is 96.5 Å². The highest BCUT2D eigenvalue weighted by Gasteiger charge is 2.49. The second-order valence-corrected chi connectivity index (χ2v) is 8.45. The molecule has 1 saturated heterocycles. The molecule has 0 aromatic heterocycles. The van der Waals surface area contributed by atoms with E-state index in [-0.39, 0.29) is 5.56 Å². The fourth-order valence-electron chi connectivity index (χ4n) is 4.85. The first-order valence-corrected chi connectivity index (χ1v) is 10.5. The van der Waals surface area contributed by atoms with Gasteiger partial charge in [0, 0.05) is 18.2 Å². The van der Waals surface area contributed by atoms with E-state index in [4.69, 9.17) is 9.47 Å². The normalized spacial score (nSPS) is 25.4. The smallest absolute Gasteiger partial charge is 0.339 e. The number of hydrogen-bond donors (Lipinski definition) is 8. The molecule has 0 radical (unpaired) electrons. The van der Waals surface area contributed by atoms with Crippen molar-refractivity contribution in [1.82, 2.24) is 0 Å². The summed E-state index contributed by atoms with van der Waals surface area (Å²) in [6.07, 6.45) is -7.84. The summed E-state index contributed by atoms with van der Waals surface area (Å²) in [7, 11) is 1.13. The summed E-state index contributed by atoms with van der Waals surface area (Å²) in [4.78, 5) is 38.3. The molecule has 1 fully saturated rings. The summed E-state index contributed by atoms with van der Waals surface area (Å²) in [5.74, 6) is -7.97. The Morgan fingerprint density at radius 2 is 1.58 bits per heavy atom. The molecule has 13 heteroatoms. The van der Waals surface area contributed by atoms with Crippen LogP contribution >= 0.6 is 0 Å². The van der Waals surface area contributed by atoms with E-state index in [1.807, 2.05) is 0 Å². The van der Waals surface area contributed by atoms with E-state index in [2.05, 4.69) is 0 Å². The van der Waals surface area contributed by atoms with Crippen molar-refractivity contribution in [3.63, 3.8) is 0 Å². The minimum Gasteiger partial charge on any atom is -0.507 e. The zero-order chi connectivity index (χ0) is 26.8. The predicted octanol–water partition coefficient (Wildman–Crippen LogP) is -0.540. The minimum absolute atomic E-state index is 0.285. The molecule has 13 nitrogen and oxygen atoms in total. The number of aromatic hydroxyl groups is 4. The summed E-state index contributed by atoms with van der Waals surface area (Å²) in [6.45, 7) is 0.398. The van der Waals surface area contributed by atoms with Gasteiger partial charge in [0.05, 0.1) is 23.3 Å². The van der Waals surface area contributed by atoms with Gasteiger partial charge in [0.1, 0.15) is 47.6 Å². The van der Waals surface area contributed by atoms with Gasteiger partial charge in [-0.1, -0.05) is 0 Å². The average molecular weight is 506 g/mol. The molecule has 1 aliphatic heterocycles. The Labute approximate surface area is 202 Å². The molecule has 0 spiro atoms. The topological polar surface area (TPSA) is 232 Å². The number of rotatable bonds is 4. The van der Waals surface area contributed by atoms with Crippen molar-refractivity contribution < 1.29 is 64.7 Å². The number of carbonyl (C=O) groups excluding carboxylic acids is 2. The highest BCUT2D eigenvalue weighted by Crippen LogP contribution is 2.52. The second kappa shape index (κ2) is 8.72. The lowest BCUT2D eigenvalue weighted by atomic mass is 9.77. The third kappa shape index (κ3) is 3.32. The predicted molar refractivity (Wildman–Crippen MR) is 116 cm³/mol. The number of ketones is 2. The summed E-state index contributed by atoms with van der Waals surface area (Å²) < 4.78 is 10.5. The molecule has 0 bridgehead atoms. The van der Waals surface area contributed by atoms with Crippen molar-refractivity contribution >= 4 is 17.5 Å². The van der Waals surface area contributed by atoms with Gasteiger partial charge in [-0.2, -0.15) is 0 Å². The number of methoxy groups -OCH3 is 1. The third-order valence-corrected chi connectivity index (χ3v) is 6.58. The third-order valence-electron chi connectivity index (χ3n) is 6.58. The van der Waals surface area contributed by atoms with Gasteiger partial charge >= 0.3 is 5.97 Å². The van der Waals surface area contributed by atoms with Gasteiger partial charge in [0.25, 0.3) is 0 Å². The van der Waals surface area contributed by atoms with Crippen LogP contribution in [0.2, 0.25) is 0 Å². The number of phenolic OH excluding ortho intramolecular Hbond substituents is 3. The van der Waals surface area contributed by atoms with Crippen LogP contribution in [0.25, 0.3) is 0 Å². The average Bonchev–Trinajstić information content (AvgIpc) is 2.81. The van der Waals surface area contributed by atoms with E-state index in [1.165, 1.54) is 6.92 Å². The van der Waals surface area contributed by atoms with Crippen molar-refractivity contribution in [2.45, 2.75) is 37.4 Å². The zero-order valence-corrected chi connectivity index (χ0v) is 18.8. The summed E-state index contributed by atoms with van der Waals surface area (Å²) in [5, 5.41) is 82.5. The number of aliphatic hydroxyl groups is 3. The van der Waals surface area contributed by atoms with Crippen LogP contribution in [0.4, 0.5) is 0 Å². The van der Waals surface area contributed by atoms with Crippen LogP contribution in [0.3, 0.4) is 0 Å². The Kier molecular flexibility index (Phi) is 6.14. The van der Waals surface area contributed by atoms with E-state index in [0.29, 0.717) is 0 Å². The van der Waals surface area contributed by atoms with Crippen LogP contribution < -0.4 is 0 Å². The Hall–Kier alpha value is -3.75. The van der Waals surface area contributed by atoms with Gasteiger partial charge in [-0.15, -0.1) is 0 Å². The van der Waals surface area contributed by atoms with Crippen LogP contribution in [-0.2, 0) is 9.47 Å². The van der Waals surface area contributed by atoms with Gasteiger partial charge in [-0.05, 0) is 18.6 Å². The molecule has 2 aliphatic rings. The highest BCUT2D eigenvalue weighted by atomic mass is 16.6. The number of fused-ring (bicyclic) bond motifs is 2. The molecule has 36 heavy (non-hydrogen) atoms. The molecule has 1 aliphatic carbocycles. The van der Waals surface area contributed by atoms with E-state index >= 15 is 0 Å². The van der Waals surface area contributed by atoms with Gasteiger partial charge in [0.2, 0.25) is 0 Å². The van der Waals surface area contributed by atoms with E-state index in [0.717, 1.165) is 13.2 Å². The molecule has 0 saturated carbocycles. The Morgan fingerprint density at radius 3 is 2.14 bits per heavy atom. The van der Waals surface area contributed by atoms with Gasteiger partial charge in [-0.25, -0.2) is 4.79 Å². The van der Waals surface area contributed by atoms with Crippen molar-refractivity contribution in [1.29, 1.82) is 0 Å². The van der Waals surface area contributed by atoms with Crippen molar-refractivity contribution in [2.24, 2.45) is 0 Å². The van der Waals surface area contributed by atoms with Gasteiger partial charge in [0.15, 0.2) is 23.1 Å². The lowest BCUT2D eigenvalue weighted by Gasteiger charge is -2.42. The molecule has 2 aromatic carbocycles. The van der Waals surface area contributed by atoms with E-state index in [1.54, 1.807) is 0 Å². The number of phenols is 4. The maximum atomic E-state index is 13.5. The monoisotopic (exact) mass is 506 g/mol. The lowest BCUT2D eigenvalue weighted by Crippen LogP contribution is -2.56. The molecular weight excluding hydrogens is 484 g/mol. The maximum Gasteiger partial charge on any atom is 0.339 e. The van der Waals surface area contributed by atoms with E-state index < -0.39 is 111 Å². The number of aliphatic hydroxyl groups excluding tert-OH is 3. The Bertz CT molecular complexity index is 1310. The van der Waals surface area contributed by atoms with Crippen LogP contribution in [0.5, 0.6) is 23.0 Å². The molecule has 4 rings (SSSR count). The summed E-state index contributed by atoms with van der Waals surface area (Å²) in [6, 6.07) is 0.737. The first-order chi connectivity index (χ1) is 16.9. The number of benzene rings is 2. The van der Waals surface area contributed by atoms with Gasteiger partial charge in [-0.3, -0.25) is 9.59 Å². The van der Waals surface area contributed by atoms with Crippen LogP contribution in [0.1, 0.15) is 59.4 Å². The molecule has 2 aromatic rings. The molecule has 8 N–H and O–H groups in total. The quantitative estimate of drug-likeness (QED) is 0.164. The summed E-state index contributed by atoms with van der Waals surface area (Å²) in [5.41, 5.74) is -4.23. The van der Waals surface area contributed by atoms with Crippen LogP contribution in [0.15, 0.2) is 6.07 Å². The van der Waals surface area contributed by atoms with Crippen molar-refractivity contribution in [3.05, 3.63) is 45.0 Å². The van der Waals surface area contributed by atoms with E-state index in [9.17, 15) is 55.2 Å². The maximum absolute atomic E-state index is 13.5. The van der Waals surface area contributed by atoms with Crippen LogP contribution in [0, 0.1) is 6.92 Å². The fourth-order valence-corrected chi connectivity index (χ4v) is 4.85. The number of carbonyl (C=O) groups is 3. The first-order valence-electron chi connectivity index (χ1n) is 10.5. The first kappa shape index (κ1) is 25.3.